The third kappa shape index (κ3) is 4.25. The summed E-state index contributed by atoms with van der Waals surface area (Å²) in [6, 6.07) is 4.25. The van der Waals surface area contributed by atoms with Crippen LogP contribution in [0, 0.1) is 0 Å². The molecule has 19 heavy (non-hydrogen) atoms. The van der Waals surface area contributed by atoms with Crippen molar-refractivity contribution in [3.05, 3.63) is 24.3 Å². The number of hydrogen-bond donors (Lipinski definition) is 3. The number of rotatable bonds is 5. The number of carboxylic acids is 1. The highest BCUT2D eigenvalue weighted by Crippen LogP contribution is 2.13. The molecule has 0 aliphatic heterocycles. The van der Waals surface area contributed by atoms with E-state index in [-0.39, 0.29) is 4.90 Å². The highest BCUT2D eigenvalue weighted by molar-refractivity contribution is 7.92. The average Bonchev–Trinajstić information content (AvgIpc) is 2.28. The second kappa shape index (κ2) is 5.70. The number of sulfone groups is 1. The zero-order valence-electron chi connectivity index (χ0n) is 10.2. The van der Waals surface area contributed by atoms with E-state index in [9.17, 15) is 18.0 Å². The first-order chi connectivity index (χ1) is 8.72. The lowest BCUT2D eigenvalue weighted by molar-refractivity contribution is -0.140. The van der Waals surface area contributed by atoms with Gasteiger partial charge < -0.3 is 16.2 Å². The van der Waals surface area contributed by atoms with E-state index in [1.807, 2.05) is 0 Å². The first kappa shape index (κ1) is 15.0. The Bertz CT molecular complexity index is 580. The van der Waals surface area contributed by atoms with Gasteiger partial charge in [-0.2, -0.15) is 0 Å². The summed E-state index contributed by atoms with van der Waals surface area (Å²) in [7, 11) is -3.81. The first-order valence-electron chi connectivity index (χ1n) is 5.33. The van der Waals surface area contributed by atoms with Crippen LogP contribution >= 0.6 is 0 Å². The van der Waals surface area contributed by atoms with Gasteiger partial charge in [0.1, 0.15) is 11.8 Å². The van der Waals surface area contributed by atoms with Crippen LogP contribution in [0.2, 0.25) is 0 Å². The fourth-order valence-corrected chi connectivity index (χ4v) is 2.42. The van der Waals surface area contributed by atoms with Crippen molar-refractivity contribution >= 4 is 27.4 Å². The molecular formula is C11H14N2O5S. The Hall–Kier alpha value is -2.09. The Morgan fingerprint density at radius 3 is 2.32 bits per heavy atom. The van der Waals surface area contributed by atoms with Crippen molar-refractivity contribution in [1.82, 2.24) is 5.32 Å². The van der Waals surface area contributed by atoms with E-state index >= 15 is 0 Å². The van der Waals surface area contributed by atoms with E-state index in [0.717, 1.165) is 0 Å². The van der Waals surface area contributed by atoms with Gasteiger partial charge in [-0.1, -0.05) is 0 Å². The van der Waals surface area contributed by atoms with Gasteiger partial charge in [0.15, 0.2) is 9.84 Å². The molecule has 0 saturated heterocycles. The molecule has 7 nitrogen and oxygen atoms in total. The molecule has 1 atom stereocenters. The molecule has 0 fully saturated rings. The van der Waals surface area contributed by atoms with Crippen molar-refractivity contribution in [2.75, 3.05) is 11.5 Å². The maximum absolute atomic E-state index is 11.9. The lowest BCUT2D eigenvalue weighted by atomic mass is 10.3. The van der Waals surface area contributed by atoms with E-state index in [4.69, 9.17) is 10.8 Å². The van der Waals surface area contributed by atoms with Crippen LogP contribution in [0.25, 0.3) is 0 Å². The van der Waals surface area contributed by atoms with Crippen molar-refractivity contribution in [1.29, 1.82) is 0 Å². The summed E-state index contributed by atoms with van der Waals surface area (Å²) in [6.07, 6.45) is 0. The molecule has 1 aromatic rings. The molecule has 104 valence electrons. The van der Waals surface area contributed by atoms with Gasteiger partial charge in [0, 0.05) is 5.69 Å². The maximum atomic E-state index is 11.9. The minimum absolute atomic E-state index is 0.0418. The lowest BCUT2D eigenvalue weighted by Crippen LogP contribution is -2.41. The van der Waals surface area contributed by atoms with Crippen molar-refractivity contribution < 1.29 is 23.1 Å². The van der Waals surface area contributed by atoms with Crippen LogP contribution < -0.4 is 11.1 Å². The van der Waals surface area contributed by atoms with E-state index in [2.05, 4.69) is 5.32 Å². The van der Waals surface area contributed by atoms with Crippen molar-refractivity contribution in [2.45, 2.75) is 17.9 Å². The first-order valence-corrected chi connectivity index (χ1v) is 6.98. The van der Waals surface area contributed by atoms with E-state index < -0.39 is 33.5 Å². The quantitative estimate of drug-likeness (QED) is 0.634. The predicted molar refractivity (Wildman–Crippen MR) is 68.1 cm³/mol. The standard InChI is InChI=1S/C11H14N2O5S/c1-7(11(15)16)13-10(14)6-19(17,18)9-4-2-8(12)3-5-9/h2-5,7H,6,12H2,1H3,(H,13,14)(H,15,16). The fraction of sp³-hybridized carbons (Fsp3) is 0.273. The van der Waals surface area contributed by atoms with E-state index in [1.54, 1.807) is 0 Å². The number of aliphatic carboxylic acids is 1. The molecule has 0 radical (unpaired) electrons. The third-order valence-electron chi connectivity index (χ3n) is 2.31. The Morgan fingerprint density at radius 1 is 1.32 bits per heavy atom. The molecule has 4 N–H and O–H groups in total. The van der Waals surface area contributed by atoms with Gasteiger partial charge in [-0.3, -0.25) is 9.59 Å². The molecule has 1 aromatic carbocycles. The Morgan fingerprint density at radius 2 is 1.84 bits per heavy atom. The average molecular weight is 286 g/mol. The fourth-order valence-electron chi connectivity index (χ4n) is 1.28. The number of amides is 1. The number of carboxylic acid groups (broad SMARTS) is 1. The Balaban J connectivity index is 2.77. The zero-order valence-corrected chi connectivity index (χ0v) is 11.0. The van der Waals surface area contributed by atoms with Crippen LogP contribution in [0.1, 0.15) is 6.92 Å². The number of hydrogen-bond acceptors (Lipinski definition) is 5. The molecule has 1 unspecified atom stereocenters. The van der Waals surface area contributed by atoms with Crippen molar-refractivity contribution in [3.63, 3.8) is 0 Å². The summed E-state index contributed by atoms with van der Waals surface area (Å²) in [4.78, 5) is 21.9. The van der Waals surface area contributed by atoms with Crippen LogP contribution in [-0.2, 0) is 19.4 Å². The molecule has 1 rings (SSSR count). The SMILES string of the molecule is CC(NC(=O)CS(=O)(=O)c1ccc(N)cc1)C(=O)O. The topological polar surface area (TPSA) is 127 Å². The molecule has 0 aliphatic carbocycles. The third-order valence-corrected chi connectivity index (χ3v) is 3.94. The highest BCUT2D eigenvalue weighted by Gasteiger charge is 2.22. The lowest BCUT2D eigenvalue weighted by Gasteiger charge is -2.09. The van der Waals surface area contributed by atoms with Crippen LogP contribution in [0.4, 0.5) is 5.69 Å². The predicted octanol–water partition coefficient (Wildman–Crippen LogP) is -0.368. The number of nitrogens with one attached hydrogen (secondary N) is 1. The summed E-state index contributed by atoms with van der Waals surface area (Å²) < 4.78 is 23.7. The second-order valence-electron chi connectivity index (χ2n) is 3.96. The summed E-state index contributed by atoms with van der Waals surface area (Å²) in [5, 5.41) is 10.7. The number of nitrogens with two attached hydrogens (primary N) is 1. The van der Waals surface area contributed by atoms with Gasteiger partial charge in [-0.05, 0) is 31.2 Å². The van der Waals surface area contributed by atoms with Gasteiger partial charge in [-0.25, -0.2) is 8.42 Å². The minimum atomic E-state index is -3.81. The van der Waals surface area contributed by atoms with Gasteiger partial charge in [0.05, 0.1) is 4.90 Å². The molecular weight excluding hydrogens is 272 g/mol. The van der Waals surface area contributed by atoms with Crippen LogP contribution in [0.15, 0.2) is 29.2 Å². The van der Waals surface area contributed by atoms with Gasteiger partial charge >= 0.3 is 5.97 Å². The highest BCUT2D eigenvalue weighted by atomic mass is 32.2. The molecule has 8 heteroatoms. The number of benzene rings is 1. The van der Waals surface area contributed by atoms with Crippen molar-refractivity contribution in [2.24, 2.45) is 0 Å². The number of anilines is 1. The summed E-state index contributed by atoms with van der Waals surface area (Å²) in [5.41, 5.74) is 5.84. The van der Waals surface area contributed by atoms with Crippen LogP contribution in [0.3, 0.4) is 0 Å². The molecule has 1 amide bonds. The van der Waals surface area contributed by atoms with Gasteiger partial charge in [-0.15, -0.1) is 0 Å². The minimum Gasteiger partial charge on any atom is -0.480 e. The van der Waals surface area contributed by atoms with Crippen LogP contribution in [0.5, 0.6) is 0 Å². The van der Waals surface area contributed by atoms with Crippen LogP contribution in [-0.4, -0.2) is 37.2 Å². The number of nitrogen functional groups attached to an aromatic ring is 1. The maximum Gasteiger partial charge on any atom is 0.325 e. The monoisotopic (exact) mass is 286 g/mol. The summed E-state index contributed by atoms with van der Waals surface area (Å²) in [5.74, 6) is -2.92. The molecule has 0 saturated carbocycles. The number of carbonyl (C=O) groups is 2. The van der Waals surface area contributed by atoms with Gasteiger partial charge in [0.25, 0.3) is 0 Å². The summed E-state index contributed by atoms with van der Waals surface area (Å²) >= 11 is 0. The van der Waals surface area contributed by atoms with Gasteiger partial charge in [0.2, 0.25) is 5.91 Å². The van der Waals surface area contributed by atoms with E-state index in [0.29, 0.717) is 5.69 Å². The molecule has 0 bridgehead atoms. The molecule has 0 aliphatic rings. The molecule has 0 aromatic heterocycles. The second-order valence-corrected chi connectivity index (χ2v) is 5.95. The Labute approximate surface area is 110 Å². The largest absolute Gasteiger partial charge is 0.480 e. The zero-order chi connectivity index (χ0) is 14.6. The molecule has 0 heterocycles. The van der Waals surface area contributed by atoms with Crippen molar-refractivity contribution in [3.8, 4) is 0 Å². The number of carbonyl (C=O) groups excluding carboxylic acids is 1. The normalized spacial score (nSPS) is 12.7. The smallest absolute Gasteiger partial charge is 0.325 e. The molecule has 0 spiro atoms. The Kier molecular flexibility index (Phi) is 4.49. The van der Waals surface area contributed by atoms with E-state index in [1.165, 1.54) is 31.2 Å². The summed E-state index contributed by atoms with van der Waals surface area (Å²) in [6.45, 7) is 1.25.